The van der Waals surface area contributed by atoms with Crippen LogP contribution in [-0.4, -0.2) is 41.1 Å². The standard InChI is InChI=1S/C13H20N2O3S2/c1-13(18,5-7-19-2)9-15-12(17)11(16)14-8-10-4-3-6-20-10/h3-4,6,18H,5,7-9H2,1-2H3,(H,14,16)(H,15,17). The summed E-state index contributed by atoms with van der Waals surface area (Å²) >= 11 is 3.14. The molecule has 0 aromatic carbocycles. The van der Waals surface area contributed by atoms with E-state index in [2.05, 4.69) is 10.6 Å². The Labute approximate surface area is 127 Å². The van der Waals surface area contributed by atoms with Crippen LogP contribution < -0.4 is 10.6 Å². The molecule has 1 heterocycles. The number of carbonyl (C=O) groups is 2. The second kappa shape index (κ2) is 8.28. The zero-order chi connectivity index (χ0) is 15.0. The zero-order valence-electron chi connectivity index (χ0n) is 11.6. The Balaban J connectivity index is 2.29. The molecule has 3 N–H and O–H groups in total. The highest BCUT2D eigenvalue weighted by molar-refractivity contribution is 7.98. The normalized spacial score (nSPS) is 13.6. The molecule has 5 nitrogen and oxygen atoms in total. The number of hydrogen-bond donors (Lipinski definition) is 3. The first kappa shape index (κ1) is 17.0. The highest BCUT2D eigenvalue weighted by Crippen LogP contribution is 2.11. The van der Waals surface area contributed by atoms with Gasteiger partial charge in [-0.1, -0.05) is 6.07 Å². The summed E-state index contributed by atoms with van der Waals surface area (Å²) in [4.78, 5) is 24.1. The van der Waals surface area contributed by atoms with Crippen LogP contribution >= 0.6 is 23.1 Å². The van der Waals surface area contributed by atoms with Crippen LogP contribution in [0.5, 0.6) is 0 Å². The largest absolute Gasteiger partial charge is 0.388 e. The van der Waals surface area contributed by atoms with E-state index in [1.54, 1.807) is 18.7 Å². The zero-order valence-corrected chi connectivity index (χ0v) is 13.3. The number of nitrogens with one attached hydrogen (secondary N) is 2. The summed E-state index contributed by atoms with van der Waals surface area (Å²) in [6, 6.07) is 3.77. The molecule has 1 atom stereocenters. The highest BCUT2D eigenvalue weighted by atomic mass is 32.2. The van der Waals surface area contributed by atoms with Crippen LogP contribution in [0.2, 0.25) is 0 Å². The van der Waals surface area contributed by atoms with Gasteiger partial charge in [-0.3, -0.25) is 9.59 Å². The Morgan fingerprint density at radius 2 is 2.10 bits per heavy atom. The summed E-state index contributed by atoms with van der Waals surface area (Å²) in [5.74, 6) is -0.599. The van der Waals surface area contributed by atoms with Crippen LogP contribution in [0.15, 0.2) is 17.5 Å². The maximum absolute atomic E-state index is 11.6. The average molecular weight is 316 g/mol. The molecule has 0 saturated carbocycles. The molecule has 1 unspecified atom stereocenters. The molecular weight excluding hydrogens is 296 g/mol. The first-order chi connectivity index (χ1) is 9.44. The fraction of sp³-hybridized carbons (Fsp3) is 0.538. The summed E-state index contributed by atoms with van der Waals surface area (Å²) in [5, 5.41) is 16.9. The quantitative estimate of drug-likeness (QED) is 0.655. The lowest BCUT2D eigenvalue weighted by Gasteiger charge is -2.22. The van der Waals surface area contributed by atoms with Crippen LogP contribution in [0.4, 0.5) is 0 Å². The number of thioether (sulfide) groups is 1. The molecule has 1 aromatic heterocycles. The van der Waals surface area contributed by atoms with Gasteiger partial charge < -0.3 is 15.7 Å². The van der Waals surface area contributed by atoms with Crippen molar-refractivity contribution in [2.45, 2.75) is 25.5 Å². The monoisotopic (exact) mass is 316 g/mol. The van der Waals surface area contributed by atoms with E-state index in [1.165, 1.54) is 11.3 Å². The number of rotatable bonds is 7. The molecule has 1 aromatic rings. The van der Waals surface area contributed by atoms with Crippen LogP contribution in [0.3, 0.4) is 0 Å². The Bertz CT molecular complexity index is 433. The minimum atomic E-state index is -0.993. The van der Waals surface area contributed by atoms with Gasteiger partial charge in [-0.15, -0.1) is 11.3 Å². The van der Waals surface area contributed by atoms with Crippen molar-refractivity contribution < 1.29 is 14.7 Å². The summed E-state index contributed by atoms with van der Waals surface area (Å²) in [6.07, 6.45) is 2.51. The fourth-order valence-electron chi connectivity index (χ4n) is 1.42. The molecule has 2 amide bonds. The third kappa shape index (κ3) is 6.40. The lowest BCUT2D eigenvalue weighted by Crippen LogP contribution is -2.46. The van der Waals surface area contributed by atoms with Crippen molar-refractivity contribution in [3.63, 3.8) is 0 Å². The van der Waals surface area contributed by atoms with Crippen LogP contribution in [0.1, 0.15) is 18.2 Å². The van der Waals surface area contributed by atoms with E-state index in [0.717, 1.165) is 10.6 Å². The lowest BCUT2D eigenvalue weighted by molar-refractivity contribution is -0.139. The van der Waals surface area contributed by atoms with Crippen molar-refractivity contribution in [3.05, 3.63) is 22.4 Å². The first-order valence-electron chi connectivity index (χ1n) is 6.24. The molecule has 7 heteroatoms. The van der Waals surface area contributed by atoms with Gasteiger partial charge in [-0.05, 0) is 36.8 Å². The number of carbonyl (C=O) groups excluding carboxylic acids is 2. The Morgan fingerprint density at radius 3 is 2.70 bits per heavy atom. The Morgan fingerprint density at radius 1 is 1.40 bits per heavy atom. The second-order valence-electron chi connectivity index (χ2n) is 4.68. The number of aliphatic hydroxyl groups is 1. The van der Waals surface area contributed by atoms with Gasteiger partial charge in [0.2, 0.25) is 0 Å². The molecule has 0 saturated heterocycles. The van der Waals surface area contributed by atoms with E-state index >= 15 is 0 Å². The van der Waals surface area contributed by atoms with Gasteiger partial charge in [0.1, 0.15) is 0 Å². The van der Waals surface area contributed by atoms with Gasteiger partial charge >= 0.3 is 11.8 Å². The molecule has 20 heavy (non-hydrogen) atoms. The molecule has 0 aliphatic heterocycles. The highest BCUT2D eigenvalue weighted by Gasteiger charge is 2.22. The SMILES string of the molecule is CSCCC(C)(O)CNC(=O)C(=O)NCc1cccs1. The van der Waals surface area contributed by atoms with Crippen molar-refractivity contribution in [2.24, 2.45) is 0 Å². The molecule has 112 valence electrons. The molecule has 0 aliphatic carbocycles. The summed E-state index contributed by atoms with van der Waals surface area (Å²) in [7, 11) is 0. The van der Waals surface area contributed by atoms with Gasteiger partial charge in [0, 0.05) is 11.4 Å². The molecule has 0 spiro atoms. The Kier molecular flexibility index (Phi) is 7.04. The molecule has 0 bridgehead atoms. The van der Waals surface area contributed by atoms with Gasteiger partial charge in [-0.25, -0.2) is 0 Å². The van der Waals surface area contributed by atoms with E-state index in [9.17, 15) is 14.7 Å². The third-order valence-electron chi connectivity index (χ3n) is 2.68. The van der Waals surface area contributed by atoms with Crippen molar-refractivity contribution in [1.29, 1.82) is 0 Å². The molecule has 0 radical (unpaired) electrons. The molecular formula is C13H20N2O3S2. The summed E-state index contributed by atoms with van der Waals surface area (Å²) < 4.78 is 0. The van der Waals surface area contributed by atoms with E-state index in [4.69, 9.17) is 0 Å². The van der Waals surface area contributed by atoms with Gasteiger partial charge in [0.25, 0.3) is 0 Å². The number of amides is 2. The molecule has 0 fully saturated rings. The van der Waals surface area contributed by atoms with Crippen LogP contribution in [0.25, 0.3) is 0 Å². The molecule has 1 rings (SSSR count). The van der Waals surface area contributed by atoms with Gasteiger partial charge in [0.05, 0.1) is 12.1 Å². The maximum Gasteiger partial charge on any atom is 0.309 e. The summed E-state index contributed by atoms with van der Waals surface area (Å²) in [5.41, 5.74) is -0.993. The van der Waals surface area contributed by atoms with Gasteiger partial charge in [-0.2, -0.15) is 11.8 Å². The van der Waals surface area contributed by atoms with Crippen molar-refractivity contribution in [2.75, 3.05) is 18.6 Å². The average Bonchev–Trinajstić information content (AvgIpc) is 2.93. The fourth-order valence-corrected chi connectivity index (χ4v) is 2.71. The van der Waals surface area contributed by atoms with Crippen LogP contribution in [-0.2, 0) is 16.1 Å². The second-order valence-corrected chi connectivity index (χ2v) is 6.70. The smallest absolute Gasteiger partial charge is 0.309 e. The van der Waals surface area contributed by atoms with E-state index in [1.807, 2.05) is 23.8 Å². The van der Waals surface area contributed by atoms with E-state index < -0.39 is 17.4 Å². The van der Waals surface area contributed by atoms with Crippen LogP contribution in [0, 0.1) is 0 Å². The minimum Gasteiger partial charge on any atom is -0.388 e. The Hall–Kier alpha value is -1.05. The topological polar surface area (TPSA) is 78.4 Å². The predicted octanol–water partition coefficient (Wildman–Crippen LogP) is 0.985. The molecule has 0 aliphatic rings. The number of thiophene rings is 1. The minimum absolute atomic E-state index is 0.0683. The van der Waals surface area contributed by atoms with E-state index in [0.29, 0.717) is 13.0 Å². The summed E-state index contributed by atoms with van der Waals surface area (Å²) in [6.45, 7) is 2.05. The first-order valence-corrected chi connectivity index (χ1v) is 8.52. The number of hydrogen-bond acceptors (Lipinski definition) is 5. The lowest BCUT2D eigenvalue weighted by atomic mass is 10.0. The van der Waals surface area contributed by atoms with Crippen molar-refractivity contribution >= 4 is 34.9 Å². The predicted molar refractivity (Wildman–Crippen MR) is 82.8 cm³/mol. The van der Waals surface area contributed by atoms with Gasteiger partial charge in [0.15, 0.2) is 0 Å². The van der Waals surface area contributed by atoms with E-state index in [-0.39, 0.29) is 6.54 Å². The third-order valence-corrected chi connectivity index (χ3v) is 4.17. The maximum atomic E-state index is 11.6. The van der Waals surface area contributed by atoms with Crippen molar-refractivity contribution in [3.8, 4) is 0 Å². The van der Waals surface area contributed by atoms with Crippen molar-refractivity contribution in [1.82, 2.24) is 10.6 Å².